The van der Waals surface area contributed by atoms with Crippen LogP contribution in [0, 0.1) is 0 Å². The number of ether oxygens (including phenoxy) is 1. The third-order valence-electron chi connectivity index (χ3n) is 3.47. The number of aromatic hydroxyl groups is 2. The number of benzene rings is 1. The predicted molar refractivity (Wildman–Crippen MR) is 82.8 cm³/mol. The fourth-order valence-corrected chi connectivity index (χ4v) is 2.36. The molecule has 0 aromatic heterocycles. The normalized spacial score (nSPS) is 18.5. The molecule has 0 saturated carbocycles. The minimum atomic E-state index is -0.480. The van der Waals surface area contributed by atoms with Crippen molar-refractivity contribution < 1.29 is 19.7 Å². The molecule has 0 radical (unpaired) electrons. The standard InChI is InChI=1S/C16H24N2O4/c1-16(2,3)22-15(21)18-7-6-12(10-18)17-9-11-4-5-13(19)14(20)8-11/h4-5,8,12,17,19-20H,6-7,9-10H2,1-3H3. The van der Waals surface area contributed by atoms with Crippen molar-refractivity contribution in [1.29, 1.82) is 0 Å². The summed E-state index contributed by atoms with van der Waals surface area (Å²) in [6.45, 7) is 7.42. The SMILES string of the molecule is CC(C)(C)OC(=O)N1CCC(NCc2ccc(O)c(O)c2)C1. The van der Waals surface area contributed by atoms with Crippen LogP contribution in [0.5, 0.6) is 11.5 Å². The highest BCUT2D eigenvalue weighted by Crippen LogP contribution is 2.25. The summed E-state index contributed by atoms with van der Waals surface area (Å²) in [6, 6.07) is 4.95. The van der Waals surface area contributed by atoms with Crippen molar-refractivity contribution in [3.63, 3.8) is 0 Å². The van der Waals surface area contributed by atoms with E-state index in [-0.39, 0.29) is 23.6 Å². The molecule has 6 nitrogen and oxygen atoms in total. The van der Waals surface area contributed by atoms with E-state index in [2.05, 4.69) is 5.32 Å². The Morgan fingerprint density at radius 1 is 1.36 bits per heavy atom. The molecule has 0 aliphatic carbocycles. The van der Waals surface area contributed by atoms with E-state index in [9.17, 15) is 15.0 Å². The Kier molecular flexibility index (Phi) is 4.81. The lowest BCUT2D eigenvalue weighted by molar-refractivity contribution is 0.0291. The summed E-state index contributed by atoms with van der Waals surface area (Å²) in [6.07, 6.45) is 0.586. The van der Waals surface area contributed by atoms with Gasteiger partial charge < -0.3 is 25.2 Å². The maximum absolute atomic E-state index is 12.0. The van der Waals surface area contributed by atoms with Crippen molar-refractivity contribution in [2.45, 2.75) is 45.4 Å². The molecular formula is C16H24N2O4. The molecule has 1 amide bonds. The molecule has 3 N–H and O–H groups in total. The number of carbonyl (C=O) groups excluding carboxylic acids is 1. The van der Waals surface area contributed by atoms with Gasteiger partial charge in [-0.25, -0.2) is 4.79 Å². The molecule has 2 rings (SSSR count). The average Bonchev–Trinajstić information content (AvgIpc) is 2.87. The van der Waals surface area contributed by atoms with Gasteiger partial charge in [0.25, 0.3) is 0 Å². The van der Waals surface area contributed by atoms with Crippen LogP contribution >= 0.6 is 0 Å². The first-order valence-electron chi connectivity index (χ1n) is 7.47. The molecule has 1 atom stereocenters. The van der Waals surface area contributed by atoms with Crippen molar-refractivity contribution in [1.82, 2.24) is 10.2 Å². The predicted octanol–water partition coefficient (Wildman–Crippen LogP) is 2.20. The number of phenols is 2. The molecule has 1 fully saturated rings. The Hall–Kier alpha value is -1.95. The van der Waals surface area contributed by atoms with Gasteiger partial charge in [-0.3, -0.25) is 0 Å². The second-order valence-electron chi connectivity index (χ2n) is 6.62. The molecule has 1 aromatic rings. The number of nitrogens with zero attached hydrogens (tertiary/aromatic N) is 1. The van der Waals surface area contributed by atoms with Gasteiger partial charge in [0.2, 0.25) is 0 Å². The number of phenolic OH excluding ortho intramolecular Hbond substituents is 2. The first kappa shape index (κ1) is 16.4. The highest BCUT2D eigenvalue weighted by molar-refractivity contribution is 5.68. The van der Waals surface area contributed by atoms with E-state index in [1.807, 2.05) is 20.8 Å². The van der Waals surface area contributed by atoms with E-state index in [4.69, 9.17) is 4.74 Å². The molecule has 0 spiro atoms. The lowest BCUT2D eigenvalue weighted by Gasteiger charge is -2.24. The first-order valence-corrected chi connectivity index (χ1v) is 7.47. The van der Waals surface area contributed by atoms with Crippen LogP contribution in [0.4, 0.5) is 4.79 Å². The lowest BCUT2D eigenvalue weighted by Crippen LogP contribution is -2.38. The Labute approximate surface area is 130 Å². The molecular weight excluding hydrogens is 284 g/mol. The number of likely N-dealkylation sites (tertiary alicyclic amines) is 1. The van der Waals surface area contributed by atoms with E-state index in [1.165, 1.54) is 12.1 Å². The molecule has 1 aromatic carbocycles. The summed E-state index contributed by atoms with van der Waals surface area (Å²) in [5.41, 5.74) is 0.401. The number of hydrogen-bond donors (Lipinski definition) is 3. The van der Waals surface area contributed by atoms with Gasteiger partial charge in [-0.2, -0.15) is 0 Å². The van der Waals surface area contributed by atoms with Crippen LogP contribution in [0.3, 0.4) is 0 Å². The summed E-state index contributed by atoms with van der Waals surface area (Å²) >= 11 is 0. The maximum Gasteiger partial charge on any atom is 0.410 e. The zero-order valence-corrected chi connectivity index (χ0v) is 13.3. The largest absolute Gasteiger partial charge is 0.504 e. The van der Waals surface area contributed by atoms with Crippen LogP contribution in [-0.2, 0) is 11.3 Å². The van der Waals surface area contributed by atoms with Gasteiger partial charge in [-0.15, -0.1) is 0 Å². The van der Waals surface area contributed by atoms with Crippen LogP contribution in [0.2, 0.25) is 0 Å². The summed E-state index contributed by atoms with van der Waals surface area (Å²) in [7, 11) is 0. The van der Waals surface area contributed by atoms with E-state index < -0.39 is 5.60 Å². The molecule has 1 unspecified atom stereocenters. The smallest absolute Gasteiger partial charge is 0.410 e. The number of hydrogen-bond acceptors (Lipinski definition) is 5. The van der Waals surface area contributed by atoms with Crippen molar-refractivity contribution in [3.05, 3.63) is 23.8 Å². The Morgan fingerprint density at radius 3 is 2.73 bits per heavy atom. The zero-order valence-electron chi connectivity index (χ0n) is 13.3. The quantitative estimate of drug-likeness (QED) is 0.746. The fourth-order valence-electron chi connectivity index (χ4n) is 2.36. The number of nitrogens with one attached hydrogen (secondary N) is 1. The van der Waals surface area contributed by atoms with Crippen molar-refractivity contribution in [3.8, 4) is 11.5 Å². The monoisotopic (exact) mass is 308 g/mol. The number of amides is 1. The van der Waals surface area contributed by atoms with Crippen LogP contribution in [-0.4, -0.2) is 45.9 Å². The van der Waals surface area contributed by atoms with Crippen molar-refractivity contribution in [2.24, 2.45) is 0 Å². The average molecular weight is 308 g/mol. The summed E-state index contributed by atoms with van der Waals surface area (Å²) in [5, 5.41) is 22.1. The van der Waals surface area contributed by atoms with Crippen LogP contribution in [0.15, 0.2) is 18.2 Å². The molecule has 0 bridgehead atoms. The van der Waals surface area contributed by atoms with Crippen LogP contribution < -0.4 is 5.32 Å². The zero-order chi connectivity index (χ0) is 16.3. The summed E-state index contributed by atoms with van der Waals surface area (Å²) < 4.78 is 5.36. The topological polar surface area (TPSA) is 82.0 Å². The molecule has 1 aliphatic rings. The summed E-state index contributed by atoms with van der Waals surface area (Å²) in [4.78, 5) is 13.7. The van der Waals surface area contributed by atoms with Gasteiger partial charge >= 0.3 is 6.09 Å². The second-order valence-corrected chi connectivity index (χ2v) is 6.62. The molecule has 1 saturated heterocycles. The summed E-state index contributed by atoms with van der Waals surface area (Å²) in [5.74, 6) is -0.248. The molecule has 6 heteroatoms. The van der Waals surface area contributed by atoms with Gasteiger partial charge in [-0.1, -0.05) is 6.07 Å². The molecule has 1 aliphatic heterocycles. The molecule has 122 valence electrons. The van der Waals surface area contributed by atoms with E-state index in [0.29, 0.717) is 19.6 Å². The van der Waals surface area contributed by atoms with Crippen LogP contribution in [0.1, 0.15) is 32.8 Å². The van der Waals surface area contributed by atoms with Gasteiger partial charge in [-0.05, 0) is 44.9 Å². The Morgan fingerprint density at radius 2 is 2.09 bits per heavy atom. The third-order valence-corrected chi connectivity index (χ3v) is 3.47. The molecule has 22 heavy (non-hydrogen) atoms. The van der Waals surface area contributed by atoms with Crippen LogP contribution in [0.25, 0.3) is 0 Å². The van der Waals surface area contributed by atoms with E-state index in [1.54, 1.807) is 11.0 Å². The van der Waals surface area contributed by atoms with Crippen molar-refractivity contribution >= 4 is 6.09 Å². The first-order chi connectivity index (χ1) is 10.2. The lowest BCUT2D eigenvalue weighted by atomic mass is 10.2. The maximum atomic E-state index is 12.0. The van der Waals surface area contributed by atoms with E-state index >= 15 is 0 Å². The highest BCUT2D eigenvalue weighted by Gasteiger charge is 2.29. The van der Waals surface area contributed by atoms with Crippen molar-refractivity contribution in [2.75, 3.05) is 13.1 Å². The number of rotatable bonds is 3. The van der Waals surface area contributed by atoms with Gasteiger partial charge in [0.1, 0.15) is 5.60 Å². The minimum Gasteiger partial charge on any atom is -0.504 e. The minimum absolute atomic E-state index is 0.124. The van der Waals surface area contributed by atoms with Gasteiger partial charge in [0.05, 0.1) is 0 Å². The van der Waals surface area contributed by atoms with Gasteiger partial charge in [0.15, 0.2) is 11.5 Å². The fraction of sp³-hybridized carbons (Fsp3) is 0.562. The second kappa shape index (κ2) is 6.44. The van der Waals surface area contributed by atoms with E-state index in [0.717, 1.165) is 12.0 Å². The molecule has 1 heterocycles. The van der Waals surface area contributed by atoms with Gasteiger partial charge in [0, 0.05) is 25.7 Å². The Bertz CT molecular complexity index is 539. The third kappa shape index (κ3) is 4.53. The highest BCUT2D eigenvalue weighted by atomic mass is 16.6. The number of carbonyl (C=O) groups is 1. The Balaban J connectivity index is 1.81.